The first-order valence-electron chi connectivity index (χ1n) is 9.40. The molecule has 0 unspecified atom stereocenters. The Labute approximate surface area is 162 Å². The molecule has 1 heterocycles. The summed E-state index contributed by atoms with van der Waals surface area (Å²) in [6, 6.07) is 0. The van der Waals surface area contributed by atoms with E-state index in [4.69, 9.17) is 4.74 Å². The highest BCUT2D eigenvalue weighted by Crippen LogP contribution is 2.39. The molecule has 0 aromatic carbocycles. The summed E-state index contributed by atoms with van der Waals surface area (Å²) in [6.07, 6.45) is 7.68. The zero-order chi connectivity index (χ0) is 19.6. The highest BCUT2D eigenvalue weighted by atomic mass is 32.1. The Bertz CT molecular complexity index is 780. The predicted octanol–water partition coefficient (Wildman–Crippen LogP) is 2.46. The van der Waals surface area contributed by atoms with Crippen molar-refractivity contribution in [1.29, 1.82) is 0 Å². The van der Waals surface area contributed by atoms with Crippen LogP contribution in [0.25, 0.3) is 0 Å². The Morgan fingerprint density at radius 2 is 1.81 bits per heavy atom. The molecule has 0 radical (unpaired) electrons. The highest BCUT2D eigenvalue weighted by molar-refractivity contribution is 7.17. The molecule has 0 saturated heterocycles. The Kier molecular flexibility index (Phi) is 5.99. The van der Waals surface area contributed by atoms with Crippen LogP contribution in [0.15, 0.2) is 12.2 Å². The lowest BCUT2D eigenvalue weighted by molar-refractivity contribution is -0.313. The van der Waals surface area contributed by atoms with Crippen LogP contribution in [0.1, 0.15) is 60.3 Å². The average Bonchev–Trinajstić information content (AvgIpc) is 2.98. The van der Waals surface area contributed by atoms with Crippen LogP contribution in [-0.2, 0) is 27.2 Å². The third-order valence-electron chi connectivity index (χ3n) is 5.03. The SMILES string of the molecule is CC(C)OC(=O)c1c(NC(=O)[C@@H]2CC=CC[C@H]2C(=O)[O-])sc2c1CCCC2. The number of allylic oxidation sites excluding steroid dienone is 2. The number of hydrogen-bond acceptors (Lipinski definition) is 6. The molecule has 0 spiro atoms. The zero-order valence-electron chi connectivity index (χ0n) is 15.6. The maximum atomic E-state index is 12.8. The maximum Gasteiger partial charge on any atom is 0.341 e. The predicted molar refractivity (Wildman–Crippen MR) is 101 cm³/mol. The van der Waals surface area contributed by atoms with Gasteiger partial charge in [0.1, 0.15) is 5.00 Å². The van der Waals surface area contributed by atoms with Crippen LogP contribution in [0.4, 0.5) is 5.00 Å². The maximum absolute atomic E-state index is 12.8. The van der Waals surface area contributed by atoms with E-state index in [1.807, 2.05) is 6.08 Å². The summed E-state index contributed by atoms with van der Waals surface area (Å²) < 4.78 is 5.39. The summed E-state index contributed by atoms with van der Waals surface area (Å²) in [5.41, 5.74) is 1.40. The fraction of sp³-hybridized carbons (Fsp3) is 0.550. The van der Waals surface area contributed by atoms with Gasteiger partial charge in [0.05, 0.1) is 17.6 Å². The van der Waals surface area contributed by atoms with E-state index < -0.39 is 23.8 Å². The number of thiophene rings is 1. The van der Waals surface area contributed by atoms with Crippen LogP contribution in [0.3, 0.4) is 0 Å². The van der Waals surface area contributed by atoms with Gasteiger partial charge in [0, 0.05) is 16.8 Å². The molecule has 7 heteroatoms. The van der Waals surface area contributed by atoms with Crippen molar-refractivity contribution in [2.24, 2.45) is 11.8 Å². The first-order chi connectivity index (χ1) is 12.9. The third kappa shape index (κ3) is 4.24. The third-order valence-corrected chi connectivity index (χ3v) is 6.23. The highest BCUT2D eigenvalue weighted by Gasteiger charge is 2.33. The topological polar surface area (TPSA) is 95.5 Å². The van der Waals surface area contributed by atoms with Gasteiger partial charge in [-0.1, -0.05) is 12.2 Å². The number of rotatable bonds is 5. The molecule has 1 N–H and O–H groups in total. The van der Waals surface area contributed by atoms with Crippen molar-refractivity contribution in [3.63, 3.8) is 0 Å². The second-order valence-electron chi connectivity index (χ2n) is 7.33. The monoisotopic (exact) mass is 390 g/mol. The fourth-order valence-electron chi connectivity index (χ4n) is 3.71. The smallest absolute Gasteiger partial charge is 0.341 e. The number of amides is 1. The van der Waals surface area contributed by atoms with Crippen LogP contribution in [-0.4, -0.2) is 23.9 Å². The van der Waals surface area contributed by atoms with Gasteiger partial charge in [-0.15, -0.1) is 11.3 Å². The summed E-state index contributed by atoms with van der Waals surface area (Å²) in [4.78, 5) is 38.0. The second-order valence-corrected chi connectivity index (χ2v) is 8.44. The summed E-state index contributed by atoms with van der Waals surface area (Å²) in [7, 11) is 0. The summed E-state index contributed by atoms with van der Waals surface area (Å²) in [5, 5.41) is 14.7. The molecule has 1 aromatic rings. The first-order valence-corrected chi connectivity index (χ1v) is 10.2. The number of ether oxygens (including phenoxy) is 1. The quantitative estimate of drug-likeness (QED) is 0.615. The van der Waals surface area contributed by atoms with Crippen LogP contribution >= 0.6 is 11.3 Å². The molecule has 146 valence electrons. The molecule has 0 bridgehead atoms. The molecular weight excluding hydrogens is 366 g/mol. The second kappa shape index (κ2) is 8.25. The molecule has 0 saturated carbocycles. The largest absolute Gasteiger partial charge is 0.550 e. The lowest BCUT2D eigenvalue weighted by atomic mass is 9.82. The van der Waals surface area contributed by atoms with Crippen LogP contribution in [0.5, 0.6) is 0 Å². The van der Waals surface area contributed by atoms with Gasteiger partial charge >= 0.3 is 5.97 Å². The van der Waals surface area contributed by atoms with Crippen molar-refractivity contribution >= 4 is 34.2 Å². The summed E-state index contributed by atoms with van der Waals surface area (Å²) >= 11 is 1.41. The van der Waals surface area contributed by atoms with Gasteiger partial charge in [0.15, 0.2) is 0 Å². The standard InChI is InChI=1S/C20H25NO5S/c1-11(2)26-20(25)16-14-9-5-6-10-15(14)27-18(16)21-17(22)12-7-3-4-8-13(12)19(23)24/h3-4,11-13H,5-10H2,1-2H3,(H,21,22)(H,23,24)/p-1/t12-,13-/m1/s1. The van der Waals surface area contributed by atoms with E-state index in [2.05, 4.69) is 5.32 Å². The number of carboxylic acid groups (broad SMARTS) is 1. The lowest BCUT2D eigenvalue weighted by Crippen LogP contribution is -2.41. The Balaban J connectivity index is 1.88. The molecule has 0 fully saturated rings. The molecule has 0 aliphatic heterocycles. The average molecular weight is 390 g/mol. The number of aliphatic carboxylic acids is 1. The lowest BCUT2D eigenvalue weighted by Gasteiger charge is -2.28. The molecule has 1 aromatic heterocycles. The number of aryl methyl sites for hydroxylation is 1. The van der Waals surface area contributed by atoms with Crippen LogP contribution in [0, 0.1) is 11.8 Å². The first kappa shape index (κ1) is 19.6. The minimum atomic E-state index is -1.22. The van der Waals surface area contributed by atoms with Gasteiger partial charge in [0.2, 0.25) is 5.91 Å². The molecular formula is C20H24NO5S-. The van der Waals surface area contributed by atoms with E-state index in [0.29, 0.717) is 17.0 Å². The summed E-state index contributed by atoms with van der Waals surface area (Å²) in [6.45, 7) is 3.57. The van der Waals surface area contributed by atoms with Crippen molar-refractivity contribution in [2.45, 2.75) is 58.5 Å². The van der Waals surface area contributed by atoms with Crippen LogP contribution < -0.4 is 10.4 Å². The van der Waals surface area contributed by atoms with Gasteiger partial charge in [-0.3, -0.25) is 4.79 Å². The molecule has 2 aliphatic carbocycles. The van der Waals surface area contributed by atoms with Crippen molar-refractivity contribution < 1.29 is 24.2 Å². The number of carbonyl (C=O) groups excluding carboxylic acids is 3. The normalized spacial score (nSPS) is 21.6. The molecule has 2 aliphatic rings. The summed E-state index contributed by atoms with van der Waals surface area (Å²) in [5.74, 6) is -3.58. The number of carbonyl (C=O) groups is 3. The Morgan fingerprint density at radius 1 is 1.15 bits per heavy atom. The number of carboxylic acids is 1. The van der Waals surface area contributed by atoms with Crippen LogP contribution in [0.2, 0.25) is 0 Å². The number of hydrogen-bond donors (Lipinski definition) is 1. The van der Waals surface area contributed by atoms with Crippen molar-refractivity contribution in [2.75, 3.05) is 5.32 Å². The molecule has 27 heavy (non-hydrogen) atoms. The number of esters is 1. The van der Waals surface area contributed by atoms with Gasteiger partial charge in [-0.05, 0) is 57.9 Å². The van der Waals surface area contributed by atoms with Crippen molar-refractivity contribution in [3.05, 3.63) is 28.2 Å². The van der Waals surface area contributed by atoms with Crippen molar-refractivity contribution in [1.82, 2.24) is 0 Å². The molecule has 3 rings (SSSR count). The van der Waals surface area contributed by atoms with Gasteiger partial charge in [-0.2, -0.15) is 0 Å². The van der Waals surface area contributed by atoms with E-state index >= 15 is 0 Å². The minimum absolute atomic E-state index is 0.258. The van der Waals surface area contributed by atoms with Crippen molar-refractivity contribution in [3.8, 4) is 0 Å². The van der Waals surface area contributed by atoms with E-state index in [-0.39, 0.29) is 18.4 Å². The zero-order valence-corrected chi connectivity index (χ0v) is 16.4. The van der Waals surface area contributed by atoms with Gasteiger partial charge in [-0.25, -0.2) is 4.79 Å². The van der Waals surface area contributed by atoms with E-state index in [0.717, 1.165) is 36.1 Å². The van der Waals surface area contributed by atoms with E-state index in [9.17, 15) is 19.5 Å². The van der Waals surface area contributed by atoms with Gasteiger partial charge < -0.3 is 20.0 Å². The molecule has 2 atom stereocenters. The fourth-order valence-corrected chi connectivity index (χ4v) is 4.99. The molecule has 6 nitrogen and oxygen atoms in total. The van der Waals surface area contributed by atoms with E-state index in [1.54, 1.807) is 19.9 Å². The number of fused-ring (bicyclic) bond motifs is 1. The Morgan fingerprint density at radius 3 is 2.48 bits per heavy atom. The van der Waals surface area contributed by atoms with E-state index in [1.165, 1.54) is 11.3 Å². The van der Waals surface area contributed by atoms with Gasteiger partial charge in [0.25, 0.3) is 0 Å². The minimum Gasteiger partial charge on any atom is -0.550 e. The number of nitrogens with one attached hydrogen (secondary N) is 1. The number of anilines is 1. The Hall–Kier alpha value is -2.15. The molecule has 1 amide bonds.